The molecule has 1 aliphatic rings. The van der Waals surface area contributed by atoms with Crippen LogP contribution in [0.25, 0.3) is 0 Å². The molecule has 4 heteroatoms. The van der Waals surface area contributed by atoms with Crippen molar-refractivity contribution in [2.45, 2.75) is 90.6 Å². The Balaban J connectivity index is 2.23. The van der Waals surface area contributed by atoms with Crippen LogP contribution in [0.1, 0.15) is 78.6 Å². The second kappa shape index (κ2) is 9.80. The molecule has 0 bridgehead atoms. The van der Waals surface area contributed by atoms with E-state index in [1.54, 1.807) is 6.92 Å². The van der Waals surface area contributed by atoms with Crippen molar-refractivity contribution in [2.75, 3.05) is 6.54 Å². The van der Waals surface area contributed by atoms with Gasteiger partial charge >= 0.3 is 0 Å². The van der Waals surface area contributed by atoms with E-state index in [1.807, 2.05) is 11.8 Å². The largest absolute Gasteiger partial charge is 0.345 e. The monoisotopic (exact) mass is 296 g/mol. The summed E-state index contributed by atoms with van der Waals surface area (Å²) >= 11 is 0. The third kappa shape index (κ3) is 6.49. The third-order valence-electron chi connectivity index (χ3n) is 4.30. The molecule has 1 saturated heterocycles. The van der Waals surface area contributed by atoms with Crippen molar-refractivity contribution in [3.63, 3.8) is 0 Å². The number of nitrogens with one attached hydrogen (secondary N) is 1. The van der Waals surface area contributed by atoms with Gasteiger partial charge in [0.25, 0.3) is 0 Å². The van der Waals surface area contributed by atoms with Gasteiger partial charge in [0.2, 0.25) is 11.8 Å². The van der Waals surface area contributed by atoms with E-state index in [0.717, 1.165) is 13.0 Å². The van der Waals surface area contributed by atoms with Crippen LogP contribution in [0.15, 0.2) is 0 Å². The van der Waals surface area contributed by atoms with Crippen molar-refractivity contribution in [2.24, 2.45) is 0 Å². The van der Waals surface area contributed by atoms with Crippen molar-refractivity contribution in [1.29, 1.82) is 0 Å². The lowest BCUT2D eigenvalue weighted by Crippen LogP contribution is -2.45. The Hall–Kier alpha value is -1.06. The first-order valence-corrected chi connectivity index (χ1v) is 8.66. The Morgan fingerprint density at radius 1 is 1.00 bits per heavy atom. The van der Waals surface area contributed by atoms with Crippen LogP contribution in [0.5, 0.6) is 0 Å². The zero-order valence-corrected chi connectivity index (χ0v) is 14.0. The molecule has 2 amide bonds. The highest BCUT2D eigenvalue weighted by atomic mass is 16.2. The van der Waals surface area contributed by atoms with Gasteiger partial charge in [0, 0.05) is 19.0 Å². The summed E-state index contributed by atoms with van der Waals surface area (Å²) in [4.78, 5) is 25.7. The molecule has 0 aromatic carbocycles. The van der Waals surface area contributed by atoms with Gasteiger partial charge in [0.1, 0.15) is 6.04 Å². The van der Waals surface area contributed by atoms with E-state index in [4.69, 9.17) is 0 Å². The highest BCUT2D eigenvalue weighted by molar-refractivity contribution is 5.90. The summed E-state index contributed by atoms with van der Waals surface area (Å²) in [6.45, 7) is 6.77. The van der Waals surface area contributed by atoms with Crippen LogP contribution in [0.2, 0.25) is 0 Å². The molecule has 1 fully saturated rings. The van der Waals surface area contributed by atoms with E-state index in [0.29, 0.717) is 6.42 Å². The van der Waals surface area contributed by atoms with E-state index in [-0.39, 0.29) is 23.9 Å². The molecule has 1 N–H and O–H groups in total. The number of unbranched alkanes of at least 4 members (excludes halogenated alkanes) is 7. The minimum absolute atomic E-state index is 0.0122. The van der Waals surface area contributed by atoms with Crippen LogP contribution in [0.3, 0.4) is 0 Å². The zero-order chi connectivity index (χ0) is 15.7. The quantitative estimate of drug-likeness (QED) is 0.664. The van der Waals surface area contributed by atoms with Gasteiger partial charge in [-0.15, -0.1) is 0 Å². The summed E-state index contributed by atoms with van der Waals surface area (Å²) < 4.78 is 0. The number of nitrogens with zero attached hydrogens (tertiary/aromatic N) is 1. The molecule has 2 atom stereocenters. The number of rotatable bonds is 9. The summed E-state index contributed by atoms with van der Waals surface area (Å²) in [7, 11) is 0. The van der Waals surface area contributed by atoms with Crippen molar-refractivity contribution in [3.05, 3.63) is 0 Å². The Labute approximate surface area is 129 Å². The van der Waals surface area contributed by atoms with Gasteiger partial charge in [-0.25, -0.2) is 0 Å². The first-order valence-electron chi connectivity index (χ1n) is 8.66. The Bertz CT molecular complexity index is 331. The summed E-state index contributed by atoms with van der Waals surface area (Å²) in [6, 6.07) is -0.358. The Morgan fingerprint density at radius 2 is 1.57 bits per heavy atom. The lowest BCUT2D eigenvalue weighted by molar-refractivity contribution is -0.134. The van der Waals surface area contributed by atoms with Gasteiger partial charge in [-0.3, -0.25) is 9.59 Å². The van der Waals surface area contributed by atoms with Crippen LogP contribution in [-0.2, 0) is 9.59 Å². The minimum Gasteiger partial charge on any atom is -0.345 e. The summed E-state index contributed by atoms with van der Waals surface area (Å²) in [5.74, 6) is 0.0538. The summed E-state index contributed by atoms with van der Waals surface area (Å²) in [5.41, 5.74) is 0. The summed E-state index contributed by atoms with van der Waals surface area (Å²) in [6.07, 6.45) is 10.5. The molecular formula is C17H32N2O2. The van der Waals surface area contributed by atoms with E-state index in [9.17, 15) is 9.59 Å². The zero-order valence-electron chi connectivity index (χ0n) is 14.0. The second-order valence-corrected chi connectivity index (χ2v) is 6.35. The molecule has 1 heterocycles. The molecule has 0 radical (unpaired) electrons. The number of carbonyl (C=O) groups excluding carboxylic acids is 2. The maximum Gasteiger partial charge on any atom is 0.245 e. The molecule has 122 valence electrons. The van der Waals surface area contributed by atoms with E-state index in [2.05, 4.69) is 12.2 Å². The molecule has 4 nitrogen and oxygen atoms in total. The van der Waals surface area contributed by atoms with E-state index < -0.39 is 0 Å². The smallest absolute Gasteiger partial charge is 0.245 e. The average Bonchev–Trinajstić information content (AvgIpc) is 2.52. The maximum absolute atomic E-state index is 12.3. The fourth-order valence-corrected chi connectivity index (χ4v) is 2.95. The van der Waals surface area contributed by atoms with Gasteiger partial charge < -0.3 is 10.2 Å². The molecular weight excluding hydrogens is 264 g/mol. The van der Waals surface area contributed by atoms with E-state index in [1.165, 1.54) is 44.9 Å². The number of hydrogen-bond donors (Lipinski definition) is 1. The van der Waals surface area contributed by atoms with Crippen LogP contribution in [0.4, 0.5) is 0 Å². The molecule has 1 rings (SSSR count). The SMILES string of the molecule is CCCCCCCCCCN1C(=O)C(C)NC(=O)CC1C. The minimum atomic E-state index is -0.378. The normalized spacial score (nSPS) is 23.1. The molecule has 0 aromatic heterocycles. The predicted molar refractivity (Wildman–Crippen MR) is 86.0 cm³/mol. The second-order valence-electron chi connectivity index (χ2n) is 6.35. The molecule has 1 aliphatic heterocycles. The lowest BCUT2D eigenvalue weighted by atomic mass is 10.1. The van der Waals surface area contributed by atoms with Gasteiger partial charge in [-0.2, -0.15) is 0 Å². The van der Waals surface area contributed by atoms with Crippen molar-refractivity contribution in [3.8, 4) is 0 Å². The van der Waals surface area contributed by atoms with Crippen LogP contribution < -0.4 is 5.32 Å². The maximum atomic E-state index is 12.3. The first kappa shape index (κ1) is 18.0. The van der Waals surface area contributed by atoms with Crippen molar-refractivity contribution < 1.29 is 9.59 Å². The number of carbonyl (C=O) groups is 2. The van der Waals surface area contributed by atoms with Gasteiger partial charge in [-0.05, 0) is 20.3 Å². The molecule has 0 aromatic rings. The molecule has 0 spiro atoms. The fraction of sp³-hybridized carbons (Fsp3) is 0.882. The molecule has 0 aliphatic carbocycles. The van der Waals surface area contributed by atoms with Gasteiger partial charge in [0.15, 0.2) is 0 Å². The Morgan fingerprint density at radius 3 is 2.19 bits per heavy atom. The highest BCUT2D eigenvalue weighted by Crippen LogP contribution is 2.14. The standard InChI is InChI=1S/C17H32N2O2/c1-4-5-6-7-8-9-10-11-12-19-14(2)13-16(20)18-15(3)17(19)21/h14-15H,4-13H2,1-3H3,(H,18,20). The third-order valence-corrected chi connectivity index (χ3v) is 4.30. The van der Waals surface area contributed by atoms with E-state index >= 15 is 0 Å². The topological polar surface area (TPSA) is 49.4 Å². The summed E-state index contributed by atoms with van der Waals surface area (Å²) in [5, 5.41) is 2.75. The van der Waals surface area contributed by atoms with Crippen LogP contribution >= 0.6 is 0 Å². The number of hydrogen-bond acceptors (Lipinski definition) is 2. The predicted octanol–water partition coefficient (Wildman–Crippen LogP) is 3.25. The number of amides is 2. The lowest BCUT2D eigenvalue weighted by Gasteiger charge is -2.27. The molecule has 0 saturated carbocycles. The van der Waals surface area contributed by atoms with Crippen LogP contribution in [-0.4, -0.2) is 35.3 Å². The van der Waals surface area contributed by atoms with Gasteiger partial charge in [0.05, 0.1) is 0 Å². The van der Waals surface area contributed by atoms with Crippen molar-refractivity contribution >= 4 is 11.8 Å². The Kier molecular flexibility index (Phi) is 8.40. The molecule has 21 heavy (non-hydrogen) atoms. The van der Waals surface area contributed by atoms with Gasteiger partial charge in [-0.1, -0.05) is 51.9 Å². The average molecular weight is 296 g/mol. The first-order chi connectivity index (χ1) is 10.1. The van der Waals surface area contributed by atoms with Crippen LogP contribution in [0, 0.1) is 0 Å². The molecule has 2 unspecified atom stereocenters. The van der Waals surface area contributed by atoms with Crippen molar-refractivity contribution in [1.82, 2.24) is 10.2 Å². The fourth-order valence-electron chi connectivity index (χ4n) is 2.95. The highest BCUT2D eigenvalue weighted by Gasteiger charge is 2.30.